The third kappa shape index (κ3) is 1740. The number of aliphatic hydroxyl groups is 1. The van der Waals surface area contributed by atoms with Gasteiger partial charge in [0, 0.05) is 7.11 Å². The van der Waals surface area contributed by atoms with Crippen LogP contribution in [0.4, 0.5) is 0 Å². The zero-order chi connectivity index (χ0) is 4.00. The van der Waals surface area contributed by atoms with Gasteiger partial charge in [0.2, 0.25) is 0 Å². The Kier molecular flexibility index (Phi) is 43100. The van der Waals surface area contributed by atoms with Crippen molar-refractivity contribution in [2.45, 2.75) is 0 Å². The van der Waals surface area contributed by atoms with Gasteiger partial charge in [0.05, 0.1) is 0 Å². The summed E-state index contributed by atoms with van der Waals surface area (Å²) in [4.78, 5) is 0. The van der Waals surface area contributed by atoms with Gasteiger partial charge in [0.15, 0.2) is 0 Å². The van der Waals surface area contributed by atoms with Gasteiger partial charge in [-0.15, -0.1) is 0 Å². The van der Waals surface area contributed by atoms with Gasteiger partial charge >= 0.3 is 27.5 Å². The molecule has 13 heavy (non-hydrogen) atoms. The fraction of sp³-hybridized carbons (Fsp3) is 1.00. The normalized spacial score (nSPS) is 0.923. The summed E-state index contributed by atoms with van der Waals surface area (Å²) in [7, 11) is 1.00. The van der Waals surface area contributed by atoms with Gasteiger partial charge in [-0.3, -0.25) is 0 Å². The number of hydrogen-bond donors (Lipinski definition) is 1. The first kappa shape index (κ1) is 270. The molecule has 0 saturated heterocycles. The van der Waals surface area contributed by atoms with E-state index >= 15 is 0 Å². The average Bonchev–Trinajstić information content (AvgIpc) is 1.50. The number of aliphatic hydroxyl groups excluding tert-OH is 1. The van der Waals surface area contributed by atoms with E-state index in [0.717, 1.165) is 7.11 Å². The second-order valence-electron chi connectivity index (χ2n) is 0. The van der Waals surface area contributed by atoms with E-state index in [0.29, 0.717) is 24.7 Å². The second-order valence-corrected chi connectivity index (χ2v) is 0. The van der Waals surface area contributed by atoms with E-state index in [2.05, 4.69) is 0 Å². The molecule has 0 aliphatic carbocycles. The summed E-state index contributed by atoms with van der Waals surface area (Å²) in [5, 5.41) is 7.00. The third-order valence-corrected chi connectivity index (χ3v) is 0. The Morgan fingerprint density at radius 1 is 0.615 bits per heavy atom. The van der Waals surface area contributed by atoms with Crippen molar-refractivity contribution in [3.63, 3.8) is 0 Å². The molecule has 0 rings (SSSR count). The molecule has 0 heterocycles. The Balaban J connectivity index is -0.000000000404. The van der Waals surface area contributed by atoms with Crippen molar-refractivity contribution in [3.8, 4) is 0 Å². The van der Waals surface area contributed by atoms with Gasteiger partial charge in [-0.1, -0.05) is 0 Å². The third-order valence-electron chi connectivity index (χ3n) is 0. The van der Waals surface area contributed by atoms with Crippen LogP contribution in [-0.4, -0.2) is 50.5 Å². The Bertz CT molecular complexity index is 17.6. The van der Waals surface area contributed by atoms with E-state index in [1.54, 1.807) is 0 Å². The number of hydrogen-bond acceptors (Lipinski definition) is 2. The van der Waals surface area contributed by atoms with Gasteiger partial charge in [-0.25, -0.2) is 0 Å². The first-order valence-corrected chi connectivity index (χ1v) is 1.65. The standard InChI is InChI=1S/CH4O.2ClH.7H2O.O.Zr/c1-2;;;;;;;;;;;/h2H,1H3;2*1H;7*1H2;;/q;;;;;;;;;;;+2/p-2. The van der Waals surface area contributed by atoms with Gasteiger partial charge in [0.1, 0.15) is 0 Å². The van der Waals surface area contributed by atoms with Crippen LogP contribution in [0.25, 0.3) is 0 Å². The molecule has 0 aliphatic heterocycles. The van der Waals surface area contributed by atoms with E-state index in [1.807, 2.05) is 0 Å². The Hall–Kier alpha value is 0.943. The maximum absolute atomic E-state index is 8.34. The SMILES string of the molecule is CO.O.O.O.O.O.O.O.[Cl-].[Cl-].[O]=[Zr+2]. The number of rotatable bonds is 0. The van der Waals surface area contributed by atoms with Crippen molar-refractivity contribution in [3.05, 3.63) is 0 Å². The summed E-state index contributed by atoms with van der Waals surface area (Å²) in [6.07, 6.45) is 0. The summed E-state index contributed by atoms with van der Waals surface area (Å²) < 4.78 is 8.34. The van der Waals surface area contributed by atoms with E-state index < -0.39 is 0 Å². The minimum atomic E-state index is 0. The predicted octanol–water partition coefficient (Wildman–Crippen LogP) is -12.3. The van der Waals surface area contributed by atoms with E-state index in [4.69, 9.17) is 7.92 Å². The fourth-order valence-corrected chi connectivity index (χ4v) is 0. The molecule has 0 aromatic heterocycles. The molecule has 0 spiro atoms. The Morgan fingerprint density at radius 2 is 0.615 bits per heavy atom. The molecule has 15 N–H and O–H groups in total. The summed E-state index contributed by atoms with van der Waals surface area (Å²) >= 11 is 0.300. The maximum atomic E-state index is 8.34. The van der Waals surface area contributed by atoms with Gasteiger partial charge in [0.25, 0.3) is 0 Å². The summed E-state index contributed by atoms with van der Waals surface area (Å²) in [5.74, 6) is 0. The fourth-order valence-electron chi connectivity index (χ4n) is 0. The summed E-state index contributed by atoms with van der Waals surface area (Å²) in [6.45, 7) is 0. The molecule has 12 heteroatoms. The van der Waals surface area contributed by atoms with Crippen molar-refractivity contribution in [1.82, 2.24) is 0 Å². The van der Waals surface area contributed by atoms with Crippen LogP contribution in [0.3, 0.4) is 0 Å². The van der Waals surface area contributed by atoms with Crippen LogP contribution in [0.2, 0.25) is 0 Å². The molecule has 0 bridgehead atoms. The monoisotopic (exact) mass is 334 g/mol. The Morgan fingerprint density at radius 3 is 0.615 bits per heavy atom. The van der Waals surface area contributed by atoms with Crippen LogP contribution in [0, 0.1) is 0 Å². The molecule has 94 valence electrons. The molecular weight excluding hydrogens is 318 g/mol. The van der Waals surface area contributed by atoms with Crippen molar-refractivity contribution in [1.29, 1.82) is 0 Å². The van der Waals surface area contributed by atoms with Crippen LogP contribution < -0.4 is 24.8 Å². The van der Waals surface area contributed by atoms with Crippen molar-refractivity contribution >= 4 is 0 Å². The first-order chi connectivity index (χ1) is 2.00. The Labute approximate surface area is 103 Å². The van der Waals surface area contributed by atoms with Crippen LogP contribution in [0.15, 0.2) is 0 Å². The summed E-state index contributed by atoms with van der Waals surface area (Å²) in [5.41, 5.74) is 0. The minimum absolute atomic E-state index is 0. The molecule has 0 aromatic rings. The van der Waals surface area contributed by atoms with Crippen LogP contribution in [-0.2, 0) is 27.5 Å². The number of halogens is 2. The molecular formula is CH18Cl2O9Zr. The molecule has 0 unspecified atom stereocenters. The van der Waals surface area contributed by atoms with Crippen LogP contribution >= 0.6 is 0 Å². The average molecular weight is 336 g/mol. The molecule has 0 saturated carbocycles. The van der Waals surface area contributed by atoms with Crippen molar-refractivity contribution in [2.75, 3.05) is 7.11 Å². The quantitative estimate of drug-likeness (QED) is 0.451. The van der Waals surface area contributed by atoms with E-state index in [9.17, 15) is 0 Å². The molecule has 0 aliphatic rings. The summed E-state index contributed by atoms with van der Waals surface area (Å²) in [6, 6.07) is 0. The van der Waals surface area contributed by atoms with Gasteiger partial charge < -0.3 is 68.3 Å². The van der Waals surface area contributed by atoms with Crippen LogP contribution in [0.5, 0.6) is 0 Å². The molecule has 0 radical (unpaired) electrons. The van der Waals surface area contributed by atoms with E-state index in [-0.39, 0.29) is 63.1 Å². The zero-order valence-corrected chi connectivity index (χ0v) is 10.6. The van der Waals surface area contributed by atoms with E-state index in [1.165, 1.54) is 0 Å². The van der Waals surface area contributed by atoms with Crippen molar-refractivity contribution < 1.29 is 95.8 Å². The van der Waals surface area contributed by atoms with Crippen molar-refractivity contribution in [2.24, 2.45) is 0 Å². The second kappa shape index (κ2) is 2080. The molecule has 0 fully saturated rings. The molecule has 9 nitrogen and oxygen atoms in total. The molecule has 0 aromatic carbocycles. The predicted molar refractivity (Wildman–Crippen MR) is 34.1 cm³/mol. The topological polar surface area (TPSA) is 258 Å². The first-order valence-electron chi connectivity index (χ1n) is 0.651. The zero-order valence-electron chi connectivity index (χ0n) is 6.61. The van der Waals surface area contributed by atoms with Gasteiger partial charge in [-0.2, -0.15) is 0 Å². The molecule has 0 amide bonds. The van der Waals surface area contributed by atoms with Crippen LogP contribution in [0.1, 0.15) is 0 Å². The molecule has 0 atom stereocenters. The van der Waals surface area contributed by atoms with Gasteiger partial charge in [-0.05, 0) is 0 Å².